The van der Waals surface area contributed by atoms with Gasteiger partial charge in [-0.2, -0.15) is 0 Å². The van der Waals surface area contributed by atoms with Crippen LogP contribution in [0.25, 0.3) is 16.7 Å². The maximum Gasteiger partial charge on any atom is 0.255 e. The van der Waals surface area contributed by atoms with E-state index in [9.17, 15) is 4.79 Å². The Morgan fingerprint density at radius 3 is 2.37 bits per heavy atom. The van der Waals surface area contributed by atoms with Crippen LogP contribution >= 0.6 is 0 Å². The van der Waals surface area contributed by atoms with Crippen LogP contribution in [-0.4, -0.2) is 36.8 Å². The van der Waals surface area contributed by atoms with Gasteiger partial charge in [-0.1, -0.05) is 24.3 Å². The van der Waals surface area contributed by atoms with E-state index in [2.05, 4.69) is 10.6 Å². The molecule has 0 radical (unpaired) electrons. The zero-order chi connectivity index (χ0) is 24.5. The Morgan fingerprint density at radius 1 is 0.943 bits per heavy atom. The number of nitrogens with one attached hydrogen (secondary N) is 2. The number of para-hydroxylation sites is 2. The standard InChI is InChI=1S/C27H26N4O4/c1-16-24(26(32)28-21-14-13-19(34-3)15-23(21)35-4)25(17-9-11-18(33-2)12-10-17)30-27-29-20-7-5-6-8-22(20)31(16)27/h5-15,25H,1-4H3,(H,28,32)(H,29,30)/t25-/m1/s1. The first-order valence-electron chi connectivity index (χ1n) is 11.2. The molecular weight excluding hydrogens is 444 g/mol. The van der Waals surface area contributed by atoms with E-state index < -0.39 is 6.04 Å². The molecule has 0 saturated heterocycles. The van der Waals surface area contributed by atoms with Gasteiger partial charge in [0.05, 0.1) is 49.7 Å². The van der Waals surface area contributed by atoms with Crippen molar-refractivity contribution in [2.45, 2.75) is 13.0 Å². The van der Waals surface area contributed by atoms with Gasteiger partial charge in [0.25, 0.3) is 5.91 Å². The highest BCUT2D eigenvalue weighted by atomic mass is 16.5. The number of anilines is 2. The van der Waals surface area contributed by atoms with Gasteiger partial charge in [-0.05, 0) is 48.9 Å². The number of imidazole rings is 1. The fourth-order valence-corrected chi connectivity index (χ4v) is 4.43. The normalized spacial score (nSPS) is 14.8. The molecule has 0 spiro atoms. The van der Waals surface area contributed by atoms with Gasteiger partial charge in [-0.25, -0.2) is 4.98 Å². The third-order valence-electron chi connectivity index (χ3n) is 6.20. The average Bonchev–Trinajstić information content (AvgIpc) is 3.27. The largest absolute Gasteiger partial charge is 0.497 e. The molecule has 3 aromatic carbocycles. The molecule has 4 aromatic rings. The van der Waals surface area contributed by atoms with Crippen LogP contribution in [0.15, 0.2) is 72.3 Å². The van der Waals surface area contributed by atoms with Gasteiger partial charge in [0, 0.05) is 11.8 Å². The summed E-state index contributed by atoms with van der Waals surface area (Å²) < 4.78 is 18.1. The maximum absolute atomic E-state index is 13.8. The molecule has 1 aromatic heterocycles. The van der Waals surface area contributed by atoms with Crippen molar-refractivity contribution in [2.75, 3.05) is 32.0 Å². The Balaban J connectivity index is 1.62. The van der Waals surface area contributed by atoms with E-state index >= 15 is 0 Å². The van der Waals surface area contributed by atoms with Crippen LogP contribution < -0.4 is 24.8 Å². The summed E-state index contributed by atoms with van der Waals surface area (Å²) in [4.78, 5) is 18.6. The lowest BCUT2D eigenvalue weighted by Gasteiger charge is -2.30. The molecule has 8 heteroatoms. The van der Waals surface area contributed by atoms with Crippen LogP contribution in [0.5, 0.6) is 17.2 Å². The molecule has 1 amide bonds. The van der Waals surface area contributed by atoms with Crippen molar-refractivity contribution in [2.24, 2.45) is 0 Å². The van der Waals surface area contributed by atoms with E-state index in [0.717, 1.165) is 28.0 Å². The molecule has 1 aliphatic rings. The van der Waals surface area contributed by atoms with Crippen LogP contribution in [0.2, 0.25) is 0 Å². The summed E-state index contributed by atoms with van der Waals surface area (Å²) >= 11 is 0. The molecule has 5 rings (SSSR count). The van der Waals surface area contributed by atoms with E-state index in [4.69, 9.17) is 19.2 Å². The van der Waals surface area contributed by atoms with Crippen molar-refractivity contribution in [1.82, 2.24) is 9.55 Å². The van der Waals surface area contributed by atoms with Gasteiger partial charge in [0.2, 0.25) is 5.95 Å². The third-order valence-corrected chi connectivity index (χ3v) is 6.20. The fraction of sp³-hybridized carbons (Fsp3) is 0.185. The number of amides is 1. The molecular formula is C27H26N4O4. The molecule has 2 heterocycles. The maximum atomic E-state index is 13.8. The monoisotopic (exact) mass is 470 g/mol. The number of allylic oxidation sites excluding steroid dienone is 1. The van der Waals surface area contributed by atoms with Crippen molar-refractivity contribution in [3.05, 3.63) is 77.9 Å². The number of ether oxygens (including phenoxy) is 3. The first-order valence-corrected chi connectivity index (χ1v) is 11.2. The highest BCUT2D eigenvalue weighted by Gasteiger charge is 2.33. The Kier molecular flexibility index (Phi) is 5.78. The molecule has 2 N–H and O–H groups in total. The van der Waals surface area contributed by atoms with E-state index in [1.54, 1.807) is 39.5 Å². The Bertz CT molecular complexity index is 1440. The van der Waals surface area contributed by atoms with Gasteiger partial charge in [-0.3, -0.25) is 9.36 Å². The van der Waals surface area contributed by atoms with E-state index in [1.807, 2.05) is 60.0 Å². The Morgan fingerprint density at radius 2 is 1.66 bits per heavy atom. The molecule has 1 atom stereocenters. The van der Waals surface area contributed by atoms with Crippen molar-refractivity contribution >= 4 is 34.3 Å². The quantitative estimate of drug-likeness (QED) is 0.408. The minimum Gasteiger partial charge on any atom is -0.497 e. The number of methoxy groups -OCH3 is 3. The molecule has 35 heavy (non-hydrogen) atoms. The number of hydrogen-bond acceptors (Lipinski definition) is 6. The minimum absolute atomic E-state index is 0.247. The number of carbonyl (C=O) groups is 1. The summed E-state index contributed by atoms with van der Waals surface area (Å²) in [7, 11) is 4.77. The minimum atomic E-state index is -0.422. The number of hydrogen-bond donors (Lipinski definition) is 2. The molecule has 8 nitrogen and oxygen atoms in total. The second-order valence-electron chi connectivity index (χ2n) is 8.13. The summed E-state index contributed by atoms with van der Waals surface area (Å²) in [6.07, 6.45) is 0. The van der Waals surface area contributed by atoms with Crippen molar-refractivity contribution in [3.8, 4) is 17.2 Å². The third kappa shape index (κ3) is 3.93. The van der Waals surface area contributed by atoms with E-state index in [-0.39, 0.29) is 5.91 Å². The summed E-state index contributed by atoms with van der Waals surface area (Å²) in [5, 5.41) is 6.51. The molecule has 1 aliphatic heterocycles. The molecule has 178 valence electrons. The van der Waals surface area contributed by atoms with E-state index in [0.29, 0.717) is 28.7 Å². The van der Waals surface area contributed by atoms with Crippen molar-refractivity contribution in [3.63, 3.8) is 0 Å². The van der Waals surface area contributed by atoms with Gasteiger partial charge in [0.15, 0.2) is 0 Å². The summed E-state index contributed by atoms with van der Waals surface area (Å²) in [6, 6.07) is 20.4. The fourth-order valence-electron chi connectivity index (χ4n) is 4.43. The zero-order valence-corrected chi connectivity index (χ0v) is 20.0. The number of carbonyl (C=O) groups excluding carboxylic acids is 1. The number of nitrogens with zero attached hydrogens (tertiary/aromatic N) is 2. The summed E-state index contributed by atoms with van der Waals surface area (Å²) in [5.74, 6) is 2.33. The smallest absolute Gasteiger partial charge is 0.255 e. The van der Waals surface area contributed by atoms with Crippen LogP contribution in [0.3, 0.4) is 0 Å². The van der Waals surface area contributed by atoms with Gasteiger partial charge in [0.1, 0.15) is 17.2 Å². The van der Waals surface area contributed by atoms with Gasteiger partial charge >= 0.3 is 0 Å². The van der Waals surface area contributed by atoms with Crippen LogP contribution in [0.1, 0.15) is 18.5 Å². The zero-order valence-electron chi connectivity index (χ0n) is 20.0. The van der Waals surface area contributed by atoms with Crippen molar-refractivity contribution in [1.29, 1.82) is 0 Å². The van der Waals surface area contributed by atoms with Crippen LogP contribution in [0, 0.1) is 0 Å². The lowest BCUT2D eigenvalue weighted by atomic mass is 9.94. The Labute approximate surface area is 203 Å². The molecule has 0 bridgehead atoms. The molecule has 0 fully saturated rings. The second-order valence-corrected chi connectivity index (χ2v) is 8.13. The first-order chi connectivity index (χ1) is 17.0. The SMILES string of the molecule is COc1ccc([C@H]2Nc3nc4ccccc4n3C(C)=C2C(=O)Nc2ccc(OC)cc2OC)cc1. The Hall–Kier alpha value is -4.46. The highest BCUT2D eigenvalue weighted by molar-refractivity contribution is 6.10. The lowest BCUT2D eigenvalue weighted by molar-refractivity contribution is -0.113. The summed E-state index contributed by atoms with van der Waals surface area (Å²) in [6.45, 7) is 1.94. The first kappa shape index (κ1) is 22.3. The molecule has 0 unspecified atom stereocenters. The lowest BCUT2D eigenvalue weighted by Crippen LogP contribution is -2.30. The number of fused-ring (bicyclic) bond motifs is 3. The predicted octanol–water partition coefficient (Wildman–Crippen LogP) is 5.10. The predicted molar refractivity (Wildman–Crippen MR) is 136 cm³/mol. The number of benzene rings is 3. The molecule has 0 aliphatic carbocycles. The average molecular weight is 471 g/mol. The van der Waals surface area contributed by atoms with E-state index in [1.165, 1.54) is 0 Å². The van der Waals surface area contributed by atoms with Gasteiger partial charge in [-0.15, -0.1) is 0 Å². The summed E-state index contributed by atoms with van der Waals surface area (Å²) in [5.41, 5.74) is 4.60. The molecule has 0 saturated carbocycles. The van der Waals surface area contributed by atoms with Gasteiger partial charge < -0.3 is 24.8 Å². The van der Waals surface area contributed by atoms with Crippen LogP contribution in [-0.2, 0) is 4.79 Å². The van der Waals surface area contributed by atoms with Crippen molar-refractivity contribution < 1.29 is 19.0 Å². The second kappa shape index (κ2) is 9.06. The number of aromatic nitrogens is 2. The highest BCUT2D eigenvalue weighted by Crippen LogP contribution is 2.40. The van der Waals surface area contributed by atoms with Crippen LogP contribution in [0.4, 0.5) is 11.6 Å². The number of rotatable bonds is 6. The topological polar surface area (TPSA) is 86.6 Å².